The molecule has 2 aromatic carbocycles. The van der Waals surface area contributed by atoms with E-state index in [9.17, 15) is 9.18 Å². The molecule has 0 spiro atoms. The molecule has 0 bridgehead atoms. The van der Waals surface area contributed by atoms with Crippen molar-refractivity contribution in [1.29, 1.82) is 0 Å². The van der Waals surface area contributed by atoms with Gasteiger partial charge in [0.25, 0.3) is 5.91 Å². The van der Waals surface area contributed by atoms with Gasteiger partial charge in [0.05, 0.1) is 0 Å². The van der Waals surface area contributed by atoms with Crippen molar-refractivity contribution in [3.63, 3.8) is 0 Å². The zero-order chi connectivity index (χ0) is 18.0. The molecule has 128 valence electrons. The van der Waals surface area contributed by atoms with Crippen molar-refractivity contribution in [3.8, 4) is 0 Å². The summed E-state index contributed by atoms with van der Waals surface area (Å²) in [5.41, 5.74) is 6.19. The second kappa shape index (κ2) is 6.51. The molecule has 1 heterocycles. The summed E-state index contributed by atoms with van der Waals surface area (Å²) in [6.07, 6.45) is 3.46. The number of likely N-dealkylation sites (N-methyl/N-ethyl adjacent to an activating group) is 1. The van der Waals surface area contributed by atoms with Gasteiger partial charge in [-0.3, -0.25) is 4.79 Å². The molecule has 1 N–H and O–H groups in total. The number of carbonyl (C=O) groups is 1. The summed E-state index contributed by atoms with van der Waals surface area (Å²) >= 11 is 0. The number of amides is 1. The van der Waals surface area contributed by atoms with Crippen LogP contribution in [0.3, 0.4) is 0 Å². The molecule has 0 aliphatic carbocycles. The number of para-hydroxylation sites is 1. The number of hydrogen-bond acceptors (Lipinski definition) is 3. The third-order valence-corrected chi connectivity index (χ3v) is 4.52. The average molecular weight is 337 g/mol. The smallest absolute Gasteiger partial charge is 0.271 e. The van der Waals surface area contributed by atoms with Crippen molar-refractivity contribution in [2.45, 2.75) is 19.3 Å². The molecular weight excluding hydrogens is 317 g/mol. The third-order valence-electron chi connectivity index (χ3n) is 4.52. The Balaban J connectivity index is 1.73. The van der Waals surface area contributed by atoms with Crippen LogP contribution in [0.25, 0.3) is 0 Å². The average Bonchev–Trinajstić information content (AvgIpc) is 2.79. The number of allylic oxidation sites excluding steroid dienone is 2. The van der Waals surface area contributed by atoms with E-state index in [2.05, 4.69) is 41.4 Å². The Kier molecular flexibility index (Phi) is 4.40. The molecule has 1 amide bonds. The van der Waals surface area contributed by atoms with Crippen LogP contribution < -0.4 is 10.3 Å². The quantitative estimate of drug-likeness (QED) is 0.683. The highest BCUT2D eigenvalue weighted by molar-refractivity contribution is 5.94. The summed E-state index contributed by atoms with van der Waals surface area (Å²) in [6, 6.07) is 13.6. The topological polar surface area (TPSA) is 44.7 Å². The van der Waals surface area contributed by atoms with E-state index in [1.807, 2.05) is 25.3 Å². The summed E-state index contributed by atoms with van der Waals surface area (Å²) < 4.78 is 12.9. The van der Waals surface area contributed by atoms with Gasteiger partial charge in [0, 0.05) is 35.6 Å². The highest BCUT2D eigenvalue weighted by Crippen LogP contribution is 2.46. The Bertz CT molecular complexity index is 853. The predicted molar refractivity (Wildman–Crippen MR) is 98.3 cm³/mol. The standard InChI is InChI=1S/C20H20FN3O/c1-20(2)16-6-4-5-7-17(16)24(3)18(20)12-13-22-23-19(25)14-8-10-15(21)11-9-14/h4-13H,1-3H3,(H,23,25)/b18-12+,22-13-. The lowest BCUT2D eigenvalue weighted by Crippen LogP contribution is -2.23. The molecule has 0 aromatic heterocycles. The van der Waals surface area contributed by atoms with Crippen LogP contribution in [0.15, 0.2) is 65.4 Å². The van der Waals surface area contributed by atoms with Crippen LogP contribution in [-0.4, -0.2) is 19.2 Å². The maximum absolute atomic E-state index is 12.9. The summed E-state index contributed by atoms with van der Waals surface area (Å²) in [6.45, 7) is 4.32. The van der Waals surface area contributed by atoms with Gasteiger partial charge in [-0.15, -0.1) is 0 Å². The maximum Gasteiger partial charge on any atom is 0.271 e. The predicted octanol–water partition coefficient (Wildman–Crippen LogP) is 3.85. The molecule has 3 rings (SSSR count). The minimum atomic E-state index is -0.379. The molecule has 1 aliphatic rings. The zero-order valence-electron chi connectivity index (χ0n) is 14.5. The van der Waals surface area contributed by atoms with Crippen LogP contribution in [-0.2, 0) is 5.41 Å². The molecule has 0 saturated carbocycles. The molecule has 4 nitrogen and oxygen atoms in total. The minimum Gasteiger partial charge on any atom is -0.347 e. The van der Waals surface area contributed by atoms with Crippen LogP contribution in [0.2, 0.25) is 0 Å². The molecule has 0 fully saturated rings. The number of hydrazone groups is 1. The molecule has 0 saturated heterocycles. The summed E-state index contributed by atoms with van der Waals surface area (Å²) in [5.74, 6) is -0.757. The Morgan fingerprint density at radius 2 is 1.84 bits per heavy atom. The van der Waals surface area contributed by atoms with Crippen LogP contribution in [0.1, 0.15) is 29.8 Å². The molecule has 1 aliphatic heterocycles. The fraction of sp³-hybridized carbons (Fsp3) is 0.200. The second-order valence-electron chi connectivity index (χ2n) is 6.48. The number of fused-ring (bicyclic) bond motifs is 1. The fourth-order valence-corrected chi connectivity index (χ4v) is 3.17. The monoisotopic (exact) mass is 337 g/mol. The molecule has 0 atom stereocenters. The van der Waals surface area contributed by atoms with E-state index in [0.29, 0.717) is 5.56 Å². The maximum atomic E-state index is 12.9. The number of halogens is 1. The fourth-order valence-electron chi connectivity index (χ4n) is 3.17. The van der Waals surface area contributed by atoms with Crippen LogP contribution in [0, 0.1) is 5.82 Å². The minimum absolute atomic E-state index is 0.141. The van der Waals surface area contributed by atoms with E-state index in [1.54, 1.807) is 6.21 Å². The first-order valence-corrected chi connectivity index (χ1v) is 8.04. The van der Waals surface area contributed by atoms with E-state index in [-0.39, 0.29) is 17.1 Å². The van der Waals surface area contributed by atoms with Gasteiger partial charge in [-0.05, 0) is 42.0 Å². The van der Waals surface area contributed by atoms with Crippen molar-refractivity contribution in [1.82, 2.24) is 5.43 Å². The first-order valence-electron chi connectivity index (χ1n) is 8.04. The summed E-state index contributed by atoms with van der Waals surface area (Å²) in [4.78, 5) is 14.1. The van der Waals surface area contributed by atoms with Crippen molar-refractivity contribution in [2.24, 2.45) is 5.10 Å². The van der Waals surface area contributed by atoms with Gasteiger partial charge < -0.3 is 4.90 Å². The lowest BCUT2D eigenvalue weighted by Gasteiger charge is -2.23. The van der Waals surface area contributed by atoms with Gasteiger partial charge >= 0.3 is 0 Å². The number of anilines is 1. The molecule has 2 aromatic rings. The Morgan fingerprint density at radius 3 is 2.52 bits per heavy atom. The molecular formula is C20H20FN3O. The Labute approximate surface area is 146 Å². The zero-order valence-corrected chi connectivity index (χ0v) is 14.5. The highest BCUT2D eigenvalue weighted by atomic mass is 19.1. The van der Waals surface area contributed by atoms with Gasteiger partial charge in [-0.2, -0.15) is 5.10 Å². The Morgan fingerprint density at radius 1 is 1.16 bits per heavy atom. The highest BCUT2D eigenvalue weighted by Gasteiger charge is 2.37. The molecule has 5 heteroatoms. The molecule has 0 unspecified atom stereocenters. The first-order chi connectivity index (χ1) is 11.9. The van der Waals surface area contributed by atoms with Gasteiger partial charge in [0.2, 0.25) is 0 Å². The lowest BCUT2D eigenvalue weighted by molar-refractivity contribution is 0.0955. The summed E-state index contributed by atoms with van der Waals surface area (Å²) in [5, 5.41) is 3.98. The van der Waals surface area contributed by atoms with E-state index in [1.165, 1.54) is 35.5 Å². The largest absolute Gasteiger partial charge is 0.347 e. The van der Waals surface area contributed by atoms with Crippen LogP contribution >= 0.6 is 0 Å². The van der Waals surface area contributed by atoms with Gasteiger partial charge in [-0.1, -0.05) is 32.0 Å². The number of nitrogens with zero attached hydrogens (tertiary/aromatic N) is 2. The molecule has 0 radical (unpaired) electrons. The van der Waals surface area contributed by atoms with Crippen molar-refractivity contribution in [3.05, 3.63) is 77.2 Å². The second-order valence-corrected chi connectivity index (χ2v) is 6.48. The summed E-state index contributed by atoms with van der Waals surface area (Å²) in [7, 11) is 2.02. The number of hydrogen-bond donors (Lipinski definition) is 1. The number of rotatable bonds is 3. The van der Waals surface area contributed by atoms with E-state index in [4.69, 9.17) is 0 Å². The third kappa shape index (κ3) is 3.18. The van der Waals surface area contributed by atoms with E-state index >= 15 is 0 Å². The van der Waals surface area contributed by atoms with Crippen LogP contribution in [0.5, 0.6) is 0 Å². The normalized spacial score (nSPS) is 17.1. The van der Waals surface area contributed by atoms with Crippen molar-refractivity contribution < 1.29 is 9.18 Å². The van der Waals surface area contributed by atoms with Gasteiger partial charge in [0.1, 0.15) is 5.82 Å². The van der Waals surface area contributed by atoms with Crippen LogP contribution in [0.4, 0.5) is 10.1 Å². The van der Waals surface area contributed by atoms with Crippen molar-refractivity contribution in [2.75, 3.05) is 11.9 Å². The van der Waals surface area contributed by atoms with Gasteiger partial charge in [0.15, 0.2) is 0 Å². The first kappa shape index (κ1) is 16.9. The van der Waals surface area contributed by atoms with E-state index < -0.39 is 0 Å². The SMILES string of the molecule is CN1/C(=C/C=N\NC(=O)c2ccc(F)cc2)C(C)(C)c2ccccc21. The van der Waals surface area contributed by atoms with Crippen molar-refractivity contribution >= 4 is 17.8 Å². The number of carbonyl (C=O) groups excluding carboxylic acids is 1. The number of benzene rings is 2. The van der Waals surface area contributed by atoms with Gasteiger partial charge in [-0.25, -0.2) is 9.82 Å². The van der Waals surface area contributed by atoms with E-state index in [0.717, 1.165) is 5.70 Å². The number of nitrogens with one attached hydrogen (secondary N) is 1. The lowest BCUT2D eigenvalue weighted by atomic mass is 9.84. The Hall–Kier alpha value is -2.95. The molecule has 25 heavy (non-hydrogen) atoms.